The maximum absolute atomic E-state index is 12.4. The van der Waals surface area contributed by atoms with Crippen LogP contribution in [0.5, 0.6) is 5.75 Å². The Hall–Kier alpha value is -2.45. The summed E-state index contributed by atoms with van der Waals surface area (Å²) in [5, 5.41) is 6.61. The molecule has 0 aliphatic carbocycles. The number of hydrogen-bond acceptors (Lipinski definition) is 6. The molecule has 0 saturated carbocycles. The molecule has 8 heteroatoms. The second-order valence-electron chi connectivity index (χ2n) is 7.68. The number of hydrogen-bond donors (Lipinski definition) is 1. The van der Waals surface area contributed by atoms with Gasteiger partial charge in [-0.1, -0.05) is 23.7 Å². The van der Waals surface area contributed by atoms with Gasteiger partial charge in [0.25, 0.3) is 0 Å². The maximum Gasteiger partial charge on any atom is 0.238 e. The summed E-state index contributed by atoms with van der Waals surface area (Å²) in [6, 6.07) is 15.4. The van der Waals surface area contributed by atoms with Crippen LogP contribution in [-0.4, -0.2) is 60.0 Å². The van der Waals surface area contributed by atoms with Crippen molar-refractivity contribution in [3.05, 3.63) is 64.6 Å². The van der Waals surface area contributed by atoms with Crippen LogP contribution in [0.2, 0.25) is 5.02 Å². The number of ether oxygens (including phenoxy) is 1. The van der Waals surface area contributed by atoms with Gasteiger partial charge in [-0.2, -0.15) is 0 Å². The molecule has 2 aromatic carbocycles. The zero-order valence-corrected chi connectivity index (χ0v) is 19.7. The minimum absolute atomic E-state index is 0.0361. The molecule has 0 radical (unpaired) electrons. The van der Waals surface area contributed by atoms with E-state index in [1.807, 2.05) is 37.3 Å². The number of benzene rings is 2. The largest absolute Gasteiger partial charge is 0.494 e. The Bertz CT molecular complexity index is 1030. The molecule has 1 saturated heterocycles. The number of para-hydroxylation sites is 1. The predicted molar refractivity (Wildman–Crippen MR) is 131 cm³/mol. The average molecular weight is 471 g/mol. The SMILES string of the molecule is CCOc1ccc(-c2nc(CN3CCN(CC(=O)Nc4ccccc4Cl)CC3)cs2)cc1. The van der Waals surface area contributed by atoms with Gasteiger partial charge >= 0.3 is 0 Å². The van der Waals surface area contributed by atoms with Gasteiger partial charge in [0.05, 0.1) is 29.6 Å². The van der Waals surface area contributed by atoms with E-state index >= 15 is 0 Å². The Kier molecular flexibility index (Phi) is 7.76. The van der Waals surface area contributed by atoms with E-state index in [2.05, 4.69) is 32.6 Å². The lowest BCUT2D eigenvalue weighted by Gasteiger charge is -2.33. The van der Waals surface area contributed by atoms with Crippen LogP contribution in [0.25, 0.3) is 10.6 Å². The van der Waals surface area contributed by atoms with E-state index in [9.17, 15) is 4.79 Å². The first-order valence-corrected chi connectivity index (χ1v) is 12.0. The summed E-state index contributed by atoms with van der Waals surface area (Å²) in [5.41, 5.74) is 2.85. The van der Waals surface area contributed by atoms with Crippen molar-refractivity contribution < 1.29 is 9.53 Å². The number of halogens is 1. The predicted octanol–water partition coefficient (Wildman–Crippen LogP) is 4.62. The molecule has 1 amide bonds. The van der Waals surface area contributed by atoms with Crippen molar-refractivity contribution in [1.29, 1.82) is 0 Å². The quantitative estimate of drug-likeness (QED) is 0.520. The van der Waals surface area contributed by atoms with Crippen LogP contribution in [0.3, 0.4) is 0 Å². The summed E-state index contributed by atoms with van der Waals surface area (Å²) < 4.78 is 5.51. The number of rotatable bonds is 8. The van der Waals surface area contributed by atoms with Crippen LogP contribution in [0.15, 0.2) is 53.9 Å². The minimum Gasteiger partial charge on any atom is -0.494 e. The van der Waals surface area contributed by atoms with Crippen molar-refractivity contribution in [3.63, 3.8) is 0 Å². The smallest absolute Gasteiger partial charge is 0.238 e. The highest BCUT2D eigenvalue weighted by Crippen LogP contribution is 2.26. The van der Waals surface area contributed by atoms with Gasteiger partial charge in [-0.05, 0) is 43.3 Å². The summed E-state index contributed by atoms with van der Waals surface area (Å²) in [4.78, 5) is 21.7. The monoisotopic (exact) mass is 470 g/mol. The number of aromatic nitrogens is 1. The highest BCUT2D eigenvalue weighted by Gasteiger charge is 2.20. The summed E-state index contributed by atoms with van der Waals surface area (Å²) in [7, 11) is 0. The van der Waals surface area contributed by atoms with Crippen molar-refractivity contribution in [2.75, 3.05) is 44.6 Å². The maximum atomic E-state index is 12.4. The molecule has 6 nitrogen and oxygen atoms in total. The first kappa shape index (κ1) is 22.7. The lowest BCUT2D eigenvalue weighted by Crippen LogP contribution is -2.48. The van der Waals surface area contributed by atoms with Crippen LogP contribution in [0, 0.1) is 0 Å². The van der Waals surface area contributed by atoms with Crippen molar-refractivity contribution >= 4 is 34.5 Å². The summed E-state index contributed by atoms with van der Waals surface area (Å²) in [6.07, 6.45) is 0. The normalized spacial score (nSPS) is 14.9. The Balaban J connectivity index is 1.24. The van der Waals surface area contributed by atoms with Crippen molar-refractivity contribution in [1.82, 2.24) is 14.8 Å². The third kappa shape index (κ3) is 6.07. The lowest BCUT2D eigenvalue weighted by molar-refractivity contribution is -0.117. The number of nitrogens with zero attached hydrogens (tertiary/aromatic N) is 3. The van der Waals surface area contributed by atoms with Gasteiger partial charge < -0.3 is 10.1 Å². The Morgan fingerprint density at radius 2 is 1.81 bits per heavy atom. The average Bonchev–Trinajstić information content (AvgIpc) is 3.26. The first-order valence-electron chi connectivity index (χ1n) is 10.8. The molecule has 1 N–H and O–H groups in total. The molecule has 1 fully saturated rings. The van der Waals surface area contributed by atoms with E-state index < -0.39 is 0 Å². The Morgan fingerprint density at radius 1 is 1.09 bits per heavy atom. The van der Waals surface area contributed by atoms with E-state index in [0.29, 0.717) is 23.9 Å². The van der Waals surface area contributed by atoms with E-state index in [1.54, 1.807) is 17.4 Å². The number of nitrogens with one attached hydrogen (secondary N) is 1. The third-order valence-electron chi connectivity index (χ3n) is 5.33. The molecule has 3 aromatic rings. The zero-order chi connectivity index (χ0) is 22.3. The highest BCUT2D eigenvalue weighted by molar-refractivity contribution is 7.13. The molecule has 32 heavy (non-hydrogen) atoms. The Morgan fingerprint density at radius 3 is 2.53 bits per heavy atom. The van der Waals surface area contributed by atoms with Gasteiger partial charge in [0.15, 0.2) is 0 Å². The van der Waals surface area contributed by atoms with Gasteiger partial charge in [-0.15, -0.1) is 11.3 Å². The molecule has 0 atom stereocenters. The van der Waals surface area contributed by atoms with Gasteiger partial charge in [-0.3, -0.25) is 14.6 Å². The van der Waals surface area contributed by atoms with Crippen LogP contribution in [0.1, 0.15) is 12.6 Å². The standard InChI is InChI=1S/C24H27ClN4O2S/c1-2-31-20-9-7-18(8-10-20)24-26-19(17-32-24)15-28-11-13-29(14-12-28)16-23(30)27-22-6-4-3-5-21(22)25/h3-10,17H,2,11-16H2,1H3,(H,27,30). The molecule has 0 spiro atoms. The fraction of sp³-hybridized carbons (Fsp3) is 0.333. The lowest BCUT2D eigenvalue weighted by atomic mass is 10.2. The second-order valence-corrected chi connectivity index (χ2v) is 8.95. The molecule has 168 valence electrons. The molecular weight excluding hydrogens is 444 g/mol. The summed E-state index contributed by atoms with van der Waals surface area (Å²) in [6.45, 7) is 7.38. The second kappa shape index (κ2) is 10.9. The molecule has 4 rings (SSSR count). The summed E-state index contributed by atoms with van der Waals surface area (Å²) >= 11 is 7.79. The molecule has 1 aliphatic heterocycles. The third-order valence-corrected chi connectivity index (χ3v) is 6.60. The number of anilines is 1. The number of carbonyl (C=O) groups excluding carboxylic acids is 1. The number of piperazine rings is 1. The number of carbonyl (C=O) groups is 1. The Labute approximate surface area is 197 Å². The molecule has 1 aromatic heterocycles. The van der Waals surface area contributed by atoms with Crippen molar-refractivity contribution in [3.8, 4) is 16.3 Å². The van der Waals surface area contributed by atoms with Crippen LogP contribution in [-0.2, 0) is 11.3 Å². The van der Waals surface area contributed by atoms with Crippen LogP contribution < -0.4 is 10.1 Å². The molecule has 0 bridgehead atoms. The first-order chi connectivity index (χ1) is 15.6. The van der Waals surface area contributed by atoms with E-state index in [4.69, 9.17) is 21.3 Å². The molecule has 2 heterocycles. The molecule has 0 unspecified atom stereocenters. The highest BCUT2D eigenvalue weighted by atomic mass is 35.5. The number of thiazole rings is 1. The summed E-state index contributed by atoms with van der Waals surface area (Å²) in [5.74, 6) is 0.845. The van der Waals surface area contributed by atoms with Crippen LogP contribution in [0.4, 0.5) is 5.69 Å². The van der Waals surface area contributed by atoms with Gasteiger partial charge in [-0.25, -0.2) is 4.98 Å². The van der Waals surface area contributed by atoms with E-state index in [-0.39, 0.29) is 5.91 Å². The fourth-order valence-electron chi connectivity index (χ4n) is 3.66. The topological polar surface area (TPSA) is 57.7 Å². The fourth-order valence-corrected chi connectivity index (χ4v) is 4.66. The molecule has 1 aliphatic rings. The molecular formula is C24H27ClN4O2S. The van der Waals surface area contributed by atoms with Crippen LogP contribution >= 0.6 is 22.9 Å². The van der Waals surface area contributed by atoms with Gasteiger partial charge in [0.1, 0.15) is 10.8 Å². The van der Waals surface area contributed by atoms with Crippen molar-refractivity contribution in [2.45, 2.75) is 13.5 Å². The number of amides is 1. The van der Waals surface area contributed by atoms with E-state index in [0.717, 1.165) is 54.7 Å². The minimum atomic E-state index is -0.0361. The van der Waals surface area contributed by atoms with Gasteiger partial charge in [0.2, 0.25) is 5.91 Å². The van der Waals surface area contributed by atoms with Gasteiger partial charge in [0, 0.05) is 43.7 Å². The van der Waals surface area contributed by atoms with E-state index in [1.165, 1.54) is 0 Å². The zero-order valence-electron chi connectivity index (χ0n) is 18.1. The van der Waals surface area contributed by atoms with Crippen molar-refractivity contribution in [2.24, 2.45) is 0 Å².